The first-order chi connectivity index (χ1) is 8.29. The van der Waals surface area contributed by atoms with Gasteiger partial charge in [0.05, 0.1) is 7.11 Å². The quantitative estimate of drug-likeness (QED) is 0.807. The third-order valence-corrected chi connectivity index (χ3v) is 2.53. The molecule has 3 heteroatoms. The molecule has 0 spiro atoms. The van der Waals surface area contributed by atoms with Crippen LogP contribution in [-0.4, -0.2) is 12.1 Å². The molecule has 0 aliphatic heterocycles. The maximum Gasteiger partial charge on any atom is 0.125 e. The predicted molar refractivity (Wildman–Crippen MR) is 66.3 cm³/mol. The summed E-state index contributed by atoms with van der Waals surface area (Å²) in [6.45, 7) is 2.54. The Morgan fingerprint density at radius 2 is 1.88 bits per heavy atom. The standard InChI is InChI=1S/C14H15NO2/c1-11-3-4-13(9-14(11)16-2)17-10-12-5-7-15-8-6-12/h3-9H,10H2,1-2H3. The highest BCUT2D eigenvalue weighted by Crippen LogP contribution is 2.24. The first-order valence-corrected chi connectivity index (χ1v) is 5.46. The molecule has 3 nitrogen and oxygen atoms in total. The van der Waals surface area contributed by atoms with Crippen molar-refractivity contribution in [3.63, 3.8) is 0 Å². The van der Waals surface area contributed by atoms with Crippen LogP contribution in [0.5, 0.6) is 11.5 Å². The number of nitrogens with zero attached hydrogens (tertiary/aromatic N) is 1. The summed E-state index contributed by atoms with van der Waals surface area (Å²) in [6, 6.07) is 9.70. The Kier molecular flexibility index (Phi) is 3.60. The summed E-state index contributed by atoms with van der Waals surface area (Å²) < 4.78 is 10.9. The van der Waals surface area contributed by atoms with Gasteiger partial charge in [0.1, 0.15) is 18.1 Å². The smallest absolute Gasteiger partial charge is 0.125 e. The number of pyridine rings is 1. The van der Waals surface area contributed by atoms with Crippen LogP contribution in [0.2, 0.25) is 0 Å². The van der Waals surface area contributed by atoms with Crippen molar-refractivity contribution < 1.29 is 9.47 Å². The second-order valence-electron chi connectivity index (χ2n) is 3.78. The Balaban J connectivity index is 2.04. The number of rotatable bonds is 4. The summed E-state index contributed by atoms with van der Waals surface area (Å²) in [6.07, 6.45) is 3.52. The first-order valence-electron chi connectivity index (χ1n) is 5.46. The number of aryl methyl sites for hydroxylation is 1. The Morgan fingerprint density at radius 3 is 2.59 bits per heavy atom. The molecule has 0 aliphatic carbocycles. The van der Waals surface area contributed by atoms with E-state index in [2.05, 4.69) is 4.98 Å². The summed E-state index contributed by atoms with van der Waals surface area (Å²) in [5.74, 6) is 1.65. The van der Waals surface area contributed by atoms with E-state index in [4.69, 9.17) is 9.47 Å². The van der Waals surface area contributed by atoms with E-state index in [1.807, 2.05) is 37.3 Å². The van der Waals surface area contributed by atoms with Crippen LogP contribution in [0.25, 0.3) is 0 Å². The van der Waals surface area contributed by atoms with Gasteiger partial charge in [-0.2, -0.15) is 0 Å². The van der Waals surface area contributed by atoms with Crippen LogP contribution in [0.3, 0.4) is 0 Å². The molecule has 0 amide bonds. The molecule has 0 saturated carbocycles. The summed E-state index contributed by atoms with van der Waals surface area (Å²) in [4.78, 5) is 3.96. The van der Waals surface area contributed by atoms with Crippen LogP contribution in [0.15, 0.2) is 42.7 Å². The number of hydrogen-bond donors (Lipinski definition) is 0. The minimum absolute atomic E-state index is 0.536. The molecule has 0 unspecified atom stereocenters. The summed E-state index contributed by atoms with van der Waals surface area (Å²) >= 11 is 0. The lowest BCUT2D eigenvalue weighted by atomic mass is 10.2. The topological polar surface area (TPSA) is 31.4 Å². The number of benzene rings is 1. The van der Waals surface area contributed by atoms with Gasteiger partial charge in [0.25, 0.3) is 0 Å². The fraction of sp³-hybridized carbons (Fsp3) is 0.214. The van der Waals surface area contributed by atoms with Crippen molar-refractivity contribution in [2.24, 2.45) is 0 Å². The van der Waals surface area contributed by atoms with E-state index in [9.17, 15) is 0 Å². The molecule has 2 aromatic rings. The van der Waals surface area contributed by atoms with Crippen molar-refractivity contribution in [2.75, 3.05) is 7.11 Å². The lowest BCUT2D eigenvalue weighted by molar-refractivity contribution is 0.303. The largest absolute Gasteiger partial charge is 0.496 e. The fourth-order valence-corrected chi connectivity index (χ4v) is 1.54. The number of ether oxygens (including phenoxy) is 2. The molecule has 0 fully saturated rings. The number of hydrogen-bond acceptors (Lipinski definition) is 3. The third-order valence-electron chi connectivity index (χ3n) is 2.53. The normalized spacial score (nSPS) is 10.0. The third kappa shape index (κ3) is 2.97. The molecule has 0 aliphatic rings. The SMILES string of the molecule is COc1cc(OCc2ccncc2)ccc1C. The van der Waals surface area contributed by atoms with E-state index in [1.54, 1.807) is 19.5 Å². The Morgan fingerprint density at radius 1 is 1.12 bits per heavy atom. The molecule has 2 rings (SSSR count). The van der Waals surface area contributed by atoms with Crippen molar-refractivity contribution >= 4 is 0 Å². The second-order valence-corrected chi connectivity index (χ2v) is 3.78. The molecule has 88 valence electrons. The van der Waals surface area contributed by atoms with Crippen LogP contribution in [0.1, 0.15) is 11.1 Å². The zero-order chi connectivity index (χ0) is 12.1. The van der Waals surface area contributed by atoms with Gasteiger partial charge in [0.2, 0.25) is 0 Å². The zero-order valence-corrected chi connectivity index (χ0v) is 10.0. The van der Waals surface area contributed by atoms with Gasteiger partial charge < -0.3 is 9.47 Å². The molecule has 1 heterocycles. The first kappa shape index (κ1) is 11.5. The van der Waals surface area contributed by atoms with E-state index in [0.717, 1.165) is 22.6 Å². The Bertz CT molecular complexity index is 483. The van der Waals surface area contributed by atoms with Gasteiger partial charge in [-0.15, -0.1) is 0 Å². The Labute approximate surface area is 101 Å². The molecular formula is C14H15NO2. The van der Waals surface area contributed by atoms with Crippen LogP contribution in [0, 0.1) is 6.92 Å². The molecule has 1 aromatic heterocycles. The Hall–Kier alpha value is -2.03. The van der Waals surface area contributed by atoms with E-state index >= 15 is 0 Å². The van der Waals surface area contributed by atoms with Gasteiger partial charge >= 0.3 is 0 Å². The van der Waals surface area contributed by atoms with Crippen LogP contribution in [-0.2, 0) is 6.61 Å². The maximum absolute atomic E-state index is 5.68. The summed E-state index contributed by atoms with van der Waals surface area (Å²) in [5, 5.41) is 0. The number of aromatic nitrogens is 1. The van der Waals surface area contributed by atoms with E-state index in [1.165, 1.54) is 0 Å². The van der Waals surface area contributed by atoms with E-state index < -0.39 is 0 Å². The minimum Gasteiger partial charge on any atom is -0.496 e. The molecule has 0 bridgehead atoms. The lowest BCUT2D eigenvalue weighted by Gasteiger charge is -2.09. The summed E-state index contributed by atoms with van der Waals surface area (Å²) in [7, 11) is 1.66. The molecule has 1 aromatic carbocycles. The zero-order valence-electron chi connectivity index (χ0n) is 10.0. The fourth-order valence-electron chi connectivity index (χ4n) is 1.54. The monoisotopic (exact) mass is 229 g/mol. The highest BCUT2D eigenvalue weighted by atomic mass is 16.5. The van der Waals surface area contributed by atoms with Crippen molar-refractivity contribution in [1.29, 1.82) is 0 Å². The van der Waals surface area contributed by atoms with Crippen molar-refractivity contribution in [1.82, 2.24) is 4.98 Å². The lowest BCUT2D eigenvalue weighted by Crippen LogP contribution is -1.96. The van der Waals surface area contributed by atoms with Crippen molar-refractivity contribution in [3.8, 4) is 11.5 Å². The van der Waals surface area contributed by atoms with Crippen LogP contribution in [0.4, 0.5) is 0 Å². The molecule has 17 heavy (non-hydrogen) atoms. The summed E-state index contributed by atoms with van der Waals surface area (Å²) in [5.41, 5.74) is 2.20. The minimum atomic E-state index is 0.536. The van der Waals surface area contributed by atoms with Crippen LogP contribution >= 0.6 is 0 Å². The van der Waals surface area contributed by atoms with Gasteiger partial charge in [-0.1, -0.05) is 6.07 Å². The molecule has 0 N–H and O–H groups in total. The maximum atomic E-state index is 5.68. The predicted octanol–water partition coefficient (Wildman–Crippen LogP) is 2.98. The number of methoxy groups -OCH3 is 1. The molecular weight excluding hydrogens is 214 g/mol. The van der Waals surface area contributed by atoms with Gasteiger partial charge in [-0.3, -0.25) is 4.98 Å². The average molecular weight is 229 g/mol. The van der Waals surface area contributed by atoms with E-state index in [0.29, 0.717) is 6.61 Å². The molecule has 0 radical (unpaired) electrons. The van der Waals surface area contributed by atoms with Crippen molar-refractivity contribution in [3.05, 3.63) is 53.9 Å². The molecule has 0 saturated heterocycles. The van der Waals surface area contributed by atoms with Gasteiger partial charge in [0.15, 0.2) is 0 Å². The van der Waals surface area contributed by atoms with E-state index in [-0.39, 0.29) is 0 Å². The average Bonchev–Trinajstić information content (AvgIpc) is 2.39. The van der Waals surface area contributed by atoms with Crippen molar-refractivity contribution in [2.45, 2.75) is 13.5 Å². The van der Waals surface area contributed by atoms with Gasteiger partial charge in [0, 0.05) is 18.5 Å². The van der Waals surface area contributed by atoms with Gasteiger partial charge in [-0.25, -0.2) is 0 Å². The second kappa shape index (κ2) is 5.34. The highest BCUT2D eigenvalue weighted by Gasteiger charge is 2.01. The van der Waals surface area contributed by atoms with Crippen LogP contribution < -0.4 is 9.47 Å². The highest BCUT2D eigenvalue weighted by molar-refractivity contribution is 5.39. The molecule has 0 atom stereocenters. The van der Waals surface area contributed by atoms with Gasteiger partial charge in [-0.05, 0) is 36.2 Å².